The topological polar surface area (TPSA) is 36.4 Å². The standard InChI is InChI=1S/C25H33N3OS/c1-16-11-18(3)21(19(4)12-16)15-23(29)28(10-8-9-27(6)7)25-26-24-20(5)13-17(2)14-22(24)30-25/h11-14H,8-10,15H2,1-7H3. The Morgan fingerprint density at radius 2 is 1.50 bits per heavy atom. The Morgan fingerprint density at radius 1 is 0.900 bits per heavy atom. The molecule has 1 amide bonds. The highest BCUT2D eigenvalue weighted by atomic mass is 32.1. The lowest BCUT2D eigenvalue weighted by Crippen LogP contribution is -2.34. The van der Waals surface area contributed by atoms with E-state index in [4.69, 9.17) is 4.98 Å². The van der Waals surface area contributed by atoms with Gasteiger partial charge in [0.15, 0.2) is 5.13 Å². The van der Waals surface area contributed by atoms with Crippen LogP contribution in [0, 0.1) is 34.6 Å². The fourth-order valence-electron chi connectivity index (χ4n) is 4.08. The Kier molecular flexibility index (Phi) is 6.94. The van der Waals surface area contributed by atoms with E-state index in [-0.39, 0.29) is 5.91 Å². The maximum atomic E-state index is 13.5. The van der Waals surface area contributed by atoms with Crippen molar-refractivity contribution in [3.63, 3.8) is 0 Å². The van der Waals surface area contributed by atoms with Crippen LogP contribution in [0.1, 0.15) is 39.8 Å². The molecule has 3 rings (SSSR count). The summed E-state index contributed by atoms with van der Waals surface area (Å²) in [5.74, 6) is 0.122. The van der Waals surface area contributed by atoms with Crippen molar-refractivity contribution >= 4 is 32.6 Å². The molecule has 3 aromatic rings. The third kappa shape index (κ3) is 5.08. The molecule has 0 radical (unpaired) electrons. The highest BCUT2D eigenvalue weighted by Gasteiger charge is 2.22. The Bertz CT molecular complexity index is 1040. The molecule has 0 aliphatic carbocycles. The Labute approximate surface area is 184 Å². The van der Waals surface area contributed by atoms with E-state index in [1.165, 1.54) is 27.8 Å². The van der Waals surface area contributed by atoms with Crippen molar-refractivity contribution in [3.05, 3.63) is 57.6 Å². The lowest BCUT2D eigenvalue weighted by Gasteiger charge is -2.22. The first-order valence-corrected chi connectivity index (χ1v) is 11.4. The second kappa shape index (κ2) is 9.27. The SMILES string of the molecule is Cc1cc(C)c(CC(=O)N(CCCN(C)C)c2nc3c(C)cc(C)cc3s2)c(C)c1. The summed E-state index contributed by atoms with van der Waals surface area (Å²) in [6, 6.07) is 8.65. The van der Waals surface area contributed by atoms with Gasteiger partial charge >= 0.3 is 0 Å². The highest BCUT2D eigenvalue weighted by Crippen LogP contribution is 2.32. The van der Waals surface area contributed by atoms with Crippen LogP contribution in [0.25, 0.3) is 10.2 Å². The molecule has 0 spiro atoms. The molecular weight excluding hydrogens is 390 g/mol. The second-order valence-electron chi connectivity index (χ2n) is 8.68. The third-order valence-corrected chi connectivity index (χ3v) is 6.53. The molecule has 0 N–H and O–H groups in total. The maximum Gasteiger partial charge on any atom is 0.233 e. The molecule has 0 fully saturated rings. The average molecular weight is 424 g/mol. The zero-order chi connectivity index (χ0) is 22.0. The number of nitrogens with zero attached hydrogens (tertiary/aromatic N) is 3. The summed E-state index contributed by atoms with van der Waals surface area (Å²) in [7, 11) is 4.13. The fraction of sp³-hybridized carbons (Fsp3) is 0.440. The van der Waals surface area contributed by atoms with Crippen LogP contribution in [-0.4, -0.2) is 43.0 Å². The van der Waals surface area contributed by atoms with Crippen LogP contribution in [0.4, 0.5) is 5.13 Å². The van der Waals surface area contributed by atoms with E-state index in [2.05, 4.69) is 77.9 Å². The van der Waals surface area contributed by atoms with E-state index in [9.17, 15) is 4.79 Å². The summed E-state index contributed by atoms with van der Waals surface area (Å²) in [4.78, 5) is 22.4. The Morgan fingerprint density at radius 3 is 2.13 bits per heavy atom. The summed E-state index contributed by atoms with van der Waals surface area (Å²) < 4.78 is 1.15. The van der Waals surface area contributed by atoms with Crippen LogP contribution >= 0.6 is 11.3 Å². The lowest BCUT2D eigenvalue weighted by atomic mass is 9.97. The van der Waals surface area contributed by atoms with Gasteiger partial charge in [0, 0.05) is 6.54 Å². The van der Waals surface area contributed by atoms with E-state index in [0.29, 0.717) is 13.0 Å². The highest BCUT2D eigenvalue weighted by molar-refractivity contribution is 7.22. The van der Waals surface area contributed by atoms with E-state index < -0.39 is 0 Å². The molecule has 4 nitrogen and oxygen atoms in total. The fourth-order valence-corrected chi connectivity index (χ4v) is 5.27. The zero-order valence-corrected chi connectivity index (χ0v) is 20.1. The summed E-state index contributed by atoms with van der Waals surface area (Å²) in [6.45, 7) is 12.1. The van der Waals surface area contributed by atoms with Gasteiger partial charge in [-0.25, -0.2) is 4.98 Å². The molecule has 160 valence electrons. The second-order valence-corrected chi connectivity index (χ2v) is 9.69. The number of amides is 1. The quantitative estimate of drug-likeness (QED) is 0.513. The van der Waals surface area contributed by atoms with Crippen molar-refractivity contribution in [1.82, 2.24) is 9.88 Å². The first-order valence-electron chi connectivity index (χ1n) is 10.6. The molecule has 5 heteroatoms. The van der Waals surface area contributed by atoms with E-state index >= 15 is 0 Å². The van der Waals surface area contributed by atoms with Crippen molar-refractivity contribution < 1.29 is 4.79 Å². The first kappa shape index (κ1) is 22.4. The number of hydrogen-bond donors (Lipinski definition) is 0. The molecule has 0 aliphatic heterocycles. The minimum atomic E-state index is 0.122. The molecule has 1 aromatic heterocycles. The maximum absolute atomic E-state index is 13.5. The summed E-state index contributed by atoms with van der Waals surface area (Å²) in [5, 5.41) is 0.810. The molecule has 0 aliphatic rings. The number of thiazole rings is 1. The molecule has 30 heavy (non-hydrogen) atoms. The number of fused-ring (bicyclic) bond motifs is 1. The number of aromatic nitrogens is 1. The van der Waals surface area contributed by atoms with Crippen LogP contribution in [0.5, 0.6) is 0 Å². The van der Waals surface area contributed by atoms with Crippen molar-refractivity contribution in [2.45, 2.75) is 47.5 Å². The molecule has 0 atom stereocenters. The number of hydrogen-bond acceptors (Lipinski definition) is 4. The van der Waals surface area contributed by atoms with Gasteiger partial charge in [0.05, 0.1) is 16.6 Å². The number of aryl methyl sites for hydroxylation is 5. The molecule has 0 saturated heterocycles. The molecule has 1 heterocycles. The minimum Gasteiger partial charge on any atom is -0.309 e. The predicted octanol–water partition coefficient (Wildman–Crippen LogP) is 5.37. The Balaban J connectivity index is 1.94. The van der Waals surface area contributed by atoms with Gasteiger partial charge in [-0.3, -0.25) is 9.69 Å². The van der Waals surface area contributed by atoms with Gasteiger partial charge in [0.1, 0.15) is 0 Å². The van der Waals surface area contributed by atoms with E-state index in [0.717, 1.165) is 33.9 Å². The molecular formula is C25H33N3OS. The smallest absolute Gasteiger partial charge is 0.233 e. The van der Waals surface area contributed by atoms with Gasteiger partial charge in [-0.2, -0.15) is 0 Å². The number of carbonyl (C=O) groups excluding carboxylic acids is 1. The van der Waals surface area contributed by atoms with Crippen LogP contribution in [0.2, 0.25) is 0 Å². The van der Waals surface area contributed by atoms with Gasteiger partial charge in [-0.1, -0.05) is 35.1 Å². The monoisotopic (exact) mass is 423 g/mol. The lowest BCUT2D eigenvalue weighted by molar-refractivity contribution is -0.118. The number of rotatable bonds is 7. The van der Waals surface area contributed by atoms with Gasteiger partial charge in [0.25, 0.3) is 0 Å². The summed E-state index contributed by atoms with van der Waals surface area (Å²) >= 11 is 1.62. The van der Waals surface area contributed by atoms with Crippen LogP contribution in [-0.2, 0) is 11.2 Å². The largest absolute Gasteiger partial charge is 0.309 e. The predicted molar refractivity (Wildman–Crippen MR) is 129 cm³/mol. The van der Waals surface area contributed by atoms with Gasteiger partial charge in [-0.15, -0.1) is 0 Å². The number of anilines is 1. The van der Waals surface area contributed by atoms with Crippen molar-refractivity contribution in [2.24, 2.45) is 0 Å². The van der Waals surface area contributed by atoms with Crippen LogP contribution in [0.15, 0.2) is 24.3 Å². The molecule has 0 saturated carbocycles. The summed E-state index contributed by atoms with van der Waals surface area (Å²) in [6.07, 6.45) is 1.33. The van der Waals surface area contributed by atoms with Crippen molar-refractivity contribution in [2.75, 3.05) is 32.1 Å². The Hall–Kier alpha value is -2.24. The number of benzene rings is 2. The van der Waals surface area contributed by atoms with E-state index in [1.807, 2.05) is 4.90 Å². The van der Waals surface area contributed by atoms with Gasteiger partial charge < -0.3 is 4.90 Å². The number of carbonyl (C=O) groups is 1. The van der Waals surface area contributed by atoms with E-state index in [1.54, 1.807) is 11.3 Å². The van der Waals surface area contributed by atoms with Gasteiger partial charge in [0.2, 0.25) is 5.91 Å². The molecule has 2 aromatic carbocycles. The summed E-state index contributed by atoms with van der Waals surface area (Å²) in [5.41, 5.74) is 8.14. The van der Waals surface area contributed by atoms with Gasteiger partial charge in [-0.05, 0) is 95.6 Å². The van der Waals surface area contributed by atoms with Crippen LogP contribution in [0.3, 0.4) is 0 Å². The molecule has 0 unspecified atom stereocenters. The van der Waals surface area contributed by atoms with Crippen molar-refractivity contribution in [3.8, 4) is 0 Å². The zero-order valence-electron chi connectivity index (χ0n) is 19.3. The van der Waals surface area contributed by atoms with Crippen LogP contribution < -0.4 is 4.90 Å². The average Bonchev–Trinajstić information content (AvgIpc) is 3.05. The molecule has 0 bridgehead atoms. The first-order chi connectivity index (χ1) is 14.2. The minimum absolute atomic E-state index is 0.122. The normalized spacial score (nSPS) is 11.5. The van der Waals surface area contributed by atoms with Crippen molar-refractivity contribution in [1.29, 1.82) is 0 Å². The third-order valence-electron chi connectivity index (χ3n) is 5.51.